The Hall–Kier alpha value is -2.76. The van der Waals surface area contributed by atoms with Gasteiger partial charge in [0.2, 0.25) is 0 Å². The highest BCUT2D eigenvalue weighted by Gasteiger charge is 2.24. The van der Waals surface area contributed by atoms with Gasteiger partial charge in [-0.2, -0.15) is 0 Å². The summed E-state index contributed by atoms with van der Waals surface area (Å²) in [5.41, 5.74) is 3.52. The molecular formula is C24H20BrFN2O. The van der Waals surface area contributed by atoms with Crippen LogP contribution in [0.25, 0.3) is 10.9 Å². The quantitative estimate of drug-likeness (QED) is 0.348. The number of halogens is 2. The molecule has 0 spiro atoms. The van der Waals surface area contributed by atoms with Crippen LogP contribution in [-0.4, -0.2) is 17.3 Å². The van der Waals surface area contributed by atoms with Gasteiger partial charge in [-0.15, -0.1) is 0 Å². The third-order valence-corrected chi connectivity index (χ3v) is 5.47. The molecule has 0 radical (unpaired) electrons. The van der Waals surface area contributed by atoms with E-state index >= 15 is 0 Å². The molecule has 0 aliphatic heterocycles. The molecule has 1 aromatic heterocycles. The van der Waals surface area contributed by atoms with E-state index < -0.39 is 6.04 Å². The number of hydrogen-bond donors (Lipinski definition) is 2. The molecule has 0 aliphatic rings. The van der Waals surface area contributed by atoms with E-state index in [0.717, 1.165) is 26.5 Å². The van der Waals surface area contributed by atoms with Crippen molar-refractivity contribution >= 4 is 32.6 Å². The third-order valence-electron chi connectivity index (χ3n) is 4.98. The average molecular weight is 451 g/mol. The van der Waals surface area contributed by atoms with Crippen LogP contribution in [0.5, 0.6) is 0 Å². The van der Waals surface area contributed by atoms with E-state index in [1.54, 1.807) is 18.3 Å². The molecule has 5 heteroatoms. The van der Waals surface area contributed by atoms with Crippen molar-refractivity contribution in [3.63, 3.8) is 0 Å². The predicted octanol–water partition coefficient (Wildman–Crippen LogP) is 5.83. The van der Waals surface area contributed by atoms with Crippen LogP contribution in [0.15, 0.2) is 83.5 Å². The SMILES string of the molecule is O=C(c1c[nH]c2cc(Br)ccc12)C(NCCc1ccc(F)cc1)c1ccccc1. The molecule has 0 fully saturated rings. The van der Waals surface area contributed by atoms with Gasteiger partial charge in [0.15, 0.2) is 5.78 Å². The van der Waals surface area contributed by atoms with Gasteiger partial charge in [-0.1, -0.05) is 64.5 Å². The zero-order valence-corrected chi connectivity index (χ0v) is 17.2. The Bertz CT molecular complexity index is 1120. The van der Waals surface area contributed by atoms with Gasteiger partial charge in [-0.3, -0.25) is 4.79 Å². The van der Waals surface area contributed by atoms with Crippen molar-refractivity contribution in [1.29, 1.82) is 0 Å². The molecule has 0 saturated heterocycles. The summed E-state index contributed by atoms with van der Waals surface area (Å²) in [6.07, 6.45) is 2.48. The Labute approximate surface area is 177 Å². The lowest BCUT2D eigenvalue weighted by atomic mass is 9.96. The third kappa shape index (κ3) is 4.47. The normalized spacial score (nSPS) is 12.2. The van der Waals surface area contributed by atoms with Gasteiger partial charge < -0.3 is 10.3 Å². The van der Waals surface area contributed by atoms with Crippen molar-refractivity contribution in [1.82, 2.24) is 10.3 Å². The molecule has 0 saturated carbocycles. The van der Waals surface area contributed by atoms with Crippen molar-refractivity contribution in [3.8, 4) is 0 Å². The van der Waals surface area contributed by atoms with E-state index in [-0.39, 0.29) is 11.6 Å². The maximum Gasteiger partial charge on any atom is 0.186 e. The highest BCUT2D eigenvalue weighted by atomic mass is 79.9. The Balaban J connectivity index is 1.58. The van der Waals surface area contributed by atoms with Gasteiger partial charge in [-0.05, 0) is 41.8 Å². The molecule has 1 atom stereocenters. The maximum atomic E-state index is 13.4. The Morgan fingerprint density at radius 2 is 1.79 bits per heavy atom. The van der Waals surface area contributed by atoms with E-state index in [2.05, 4.69) is 26.2 Å². The standard InChI is InChI=1S/C24H20BrFN2O/c25-18-8-11-20-21(15-28-22(20)14-18)24(29)23(17-4-2-1-3-5-17)27-13-12-16-6-9-19(26)10-7-16/h1-11,14-15,23,27-28H,12-13H2. The smallest absolute Gasteiger partial charge is 0.186 e. The average Bonchev–Trinajstić information content (AvgIpc) is 3.16. The fourth-order valence-corrected chi connectivity index (χ4v) is 3.84. The van der Waals surface area contributed by atoms with E-state index in [4.69, 9.17) is 0 Å². The number of benzene rings is 3. The van der Waals surface area contributed by atoms with Gasteiger partial charge in [0.05, 0.1) is 6.04 Å². The number of aromatic nitrogens is 1. The highest BCUT2D eigenvalue weighted by molar-refractivity contribution is 9.10. The van der Waals surface area contributed by atoms with Crippen LogP contribution >= 0.6 is 15.9 Å². The lowest BCUT2D eigenvalue weighted by Crippen LogP contribution is -2.30. The minimum Gasteiger partial charge on any atom is -0.360 e. The van der Waals surface area contributed by atoms with Crippen LogP contribution in [0.2, 0.25) is 0 Å². The number of hydrogen-bond acceptors (Lipinski definition) is 2. The number of Topliss-reactive ketones (excluding diaryl/α,β-unsaturated/α-hetero) is 1. The Kier molecular flexibility index (Phi) is 5.88. The molecule has 0 amide bonds. The first kappa shape index (κ1) is 19.6. The second-order valence-electron chi connectivity index (χ2n) is 6.93. The number of aromatic amines is 1. The number of rotatable bonds is 7. The van der Waals surface area contributed by atoms with Crippen LogP contribution in [0.1, 0.15) is 27.5 Å². The zero-order valence-electron chi connectivity index (χ0n) is 15.7. The molecular weight excluding hydrogens is 431 g/mol. The molecule has 4 aromatic rings. The number of fused-ring (bicyclic) bond motifs is 1. The fraction of sp³-hybridized carbons (Fsp3) is 0.125. The Morgan fingerprint density at radius 3 is 2.55 bits per heavy atom. The summed E-state index contributed by atoms with van der Waals surface area (Å²) >= 11 is 3.46. The van der Waals surface area contributed by atoms with Crippen molar-refractivity contribution in [2.75, 3.05) is 6.54 Å². The van der Waals surface area contributed by atoms with Crippen LogP contribution < -0.4 is 5.32 Å². The fourth-order valence-electron chi connectivity index (χ4n) is 3.48. The first-order valence-corrected chi connectivity index (χ1v) is 10.2. The molecule has 1 unspecified atom stereocenters. The number of carbonyl (C=O) groups excluding carboxylic acids is 1. The topological polar surface area (TPSA) is 44.9 Å². The zero-order chi connectivity index (χ0) is 20.2. The van der Waals surface area contributed by atoms with Crippen molar-refractivity contribution in [3.05, 3.63) is 106 Å². The summed E-state index contributed by atoms with van der Waals surface area (Å²) in [5, 5.41) is 4.30. The summed E-state index contributed by atoms with van der Waals surface area (Å²) < 4.78 is 14.1. The number of nitrogens with one attached hydrogen (secondary N) is 2. The molecule has 3 aromatic carbocycles. The van der Waals surface area contributed by atoms with E-state index in [1.807, 2.05) is 48.5 Å². The van der Waals surface area contributed by atoms with E-state index in [0.29, 0.717) is 18.5 Å². The van der Waals surface area contributed by atoms with E-state index in [9.17, 15) is 9.18 Å². The van der Waals surface area contributed by atoms with Gasteiger partial charge >= 0.3 is 0 Å². The monoisotopic (exact) mass is 450 g/mol. The van der Waals surface area contributed by atoms with Crippen LogP contribution in [0.3, 0.4) is 0 Å². The Morgan fingerprint density at radius 1 is 1.03 bits per heavy atom. The van der Waals surface area contributed by atoms with Crippen molar-refractivity contribution < 1.29 is 9.18 Å². The minimum atomic E-state index is -0.459. The number of carbonyl (C=O) groups is 1. The van der Waals surface area contributed by atoms with Crippen LogP contribution in [-0.2, 0) is 6.42 Å². The summed E-state index contributed by atoms with van der Waals surface area (Å²) in [6.45, 7) is 0.602. The number of H-pyrrole nitrogens is 1. The predicted molar refractivity (Wildman–Crippen MR) is 118 cm³/mol. The minimum absolute atomic E-state index is 0.0175. The lowest BCUT2D eigenvalue weighted by Gasteiger charge is -2.18. The molecule has 3 nitrogen and oxygen atoms in total. The largest absolute Gasteiger partial charge is 0.360 e. The highest BCUT2D eigenvalue weighted by Crippen LogP contribution is 2.27. The lowest BCUT2D eigenvalue weighted by molar-refractivity contribution is 0.0945. The summed E-state index contributed by atoms with van der Waals surface area (Å²) in [7, 11) is 0. The molecule has 0 bridgehead atoms. The summed E-state index contributed by atoms with van der Waals surface area (Å²) in [5.74, 6) is -0.228. The van der Waals surface area contributed by atoms with Gasteiger partial charge in [0.25, 0.3) is 0 Å². The maximum absolute atomic E-state index is 13.4. The number of ketones is 1. The summed E-state index contributed by atoms with van der Waals surface area (Å²) in [6, 6.07) is 21.6. The molecule has 2 N–H and O–H groups in total. The van der Waals surface area contributed by atoms with Crippen LogP contribution in [0.4, 0.5) is 4.39 Å². The molecule has 1 heterocycles. The van der Waals surface area contributed by atoms with Crippen molar-refractivity contribution in [2.24, 2.45) is 0 Å². The molecule has 146 valence electrons. The first-order valence-electron chi connectivity index (χ1n) is 9.45. The van der Waals surface area contributed by atoms with Gasteiger partial charge in [-0.25, -0.2) is 4.39 Å². The van der Waals surface area contributed by atoms with Crippen LogP contribution in [0, 0.1) is 5.82 Å². The second-order valence-corrected chi connectivity index (χ2v) is 7.85. The first-order chi connectivity index (χ1) is 14.1. The molecule has 0 aliphatic carbocycles. The second kappa shape index (κ2) is 8.72. The molecule has 4 rings (SSSR count). The summed E-state index contributed by atoms with van der Waals surface area (Å²) in [4.78, 5) is 16.6. The van der Waals surface area contributed by atoms with Gasteiger partial charge in [0, 0.05) is 33.7 Å². The molecule has 29 heavy (non-hydrogen) atoms. The van der Waals surface area contributed by atoms with E-state index in [1.165, 1.54) is 12.1 Å². The van der Waals surface area contributed by atoms with Crippen molar-refractivity contribution in [2.45, 2.75) is 12.5 Å². The van der Waals surface area contributed by atoms with Gasteiger partial charge in [0.1, 0.15) is 5.82 Å².